The SMILES string of the molecule is CCOCCCNC(=O)[C@](C)(O)c1cccc(C(F)(F)F)c1. The molecule has 0 heterocycles. The number of rotatable bonds is 7. The molecule has 7 heteroatoms. The predicted octanol–water partition coefficient (Wildman–Crippen LogP) is 2.46. The summed E-state index contributed by atoms with van der Waals surface area (Å²) >= 11 is 0. The lowest BCUT2D eigenvalue weighted by Gasteiger charge is -2.23. The maximum atomic E-state index is 12.7. The topological polar surface area (TPSA) is 58.6 Å². The Morgan fingerprint density at radius 3 is 2.55 bits per heavy atom. The van der Waals surface area contributed by atoms with Crippen molar-refractivity contribution in [2.75, 3.05) is 19.8 Å². The molecule has 0 saturated carbocycles. The van der Waals surface area contributed by atoms with E-state index in [2.05, 4.69) is 5.32 Å². The van der Waals surface area contributed by atoms with Crippen LogP contribution in [0.15, 0.2) is 24.3 Å². The van der Waals surface area contributed by atoms with Gasteiger partial charge in [-0.3, -0.25) is 4.79 Å². The molecule has 0 aliphatic carbocycles. The van der Waals surface area contributed by atoms with Crippen LogP contribution in [-0.4, -0.2) is 30.8 Å². The molecule has 1 amide bonds. The van der Waals surface area contributed by atoms with Crippen molar-refractivity contribution in [3.8, 4) is 0 Å². The molecular formula is C15H20F3NO3. The summed E-state index contributed by atoms with van der Waals surface area (Å²) in [5.41, 5.74) is -3.05. The molecule has 1 aromatic rings. The van der Waals surface area contributed by atoms with E-state index < -0.39 is 23.2 Å². The summed E-state index contributed by atoms with van der Waals surface area (Å²) < 4.78 is 43.1. The van der Waals surface area contributed by atoms with Gasteiger partial charge in [-0.1, -0.05) is 12.1 Å². The first-order valence-corrected chi connectivity index (χ1v) is 6.95. The molecule has 0 bridgehead atoms. The third-order valence-electron chi connectivity index (χ3n) is 3.15. The summed E-state index contributed by atoms with van der Waals surface area (Å²) in [6, 6.07) is 4.11. The highest BCUT2D eigenvalue weighted by Crippen LogP contribution is 2.32. The van der Waals surface area contributed by atoms with E-state index in [0.717, 1.165) is 18.2 Å². The van der Waals surface area contributed by atoms with Crippen LogP contribution >= 0.6 is 0 Å². The number of nitrogens with one attached hydrogen (secondary N) is 1. The largest absolute Gasteiger partial charge is 0.416 e. The van der Waals surface area contributed by atoms with E-state index in [4.69, 9.17) is 4.74 Å². The van der Waals surface area contributed by atoms with Gasteiger partial charge in [-0.2, -0.15) is 13.2 Å². The molecule has 0 radical (unpaired) electrons. The Morgan fingerprint density at radius 1 is 1.32 bits per heavy atom. The van der Waals surface area contributed by atoms with Crippen molar-refractivity contribution in [2.24, 2.45) is 0 Å². The summed E-state index contributed by atoms with van der Waals surface area (Å²) in [7, 11) is 0. The zero-order chi connectivity index (χ0) is 16.8. The van der Waals surface area contributed by atoms with Crippen LogP contribution in [0.1, 0.15) is 31.4 Å². The molecular weight excluding hydrogens is 299 g/mol. The van der Waals surface area contributed by atoms with E-state index in [-0.39, 0.29) is 12.1 Å². The van der Waals surface area contributed by atoms with Gasteiger partial charge in [-0.05, 0) is 38.0 Å². The minimum Gasteiger partial charge on any atom is -0.382 e. The highest BCUT2D eigenvalue weighted by Gasteiger charge is 2.36. The van der Waals surface area contributed by atoms with E-state index in [0.29, 0.717) is 19.6 Å². The van der Waals surface area contributed by atoms with Gasteiger partial charge in [0.1, 0.15) is 0 Å². The van der Waals surface area contributed by atoms with Gasteiger partial charge in [0, 0.05) is 19.8 Å². The van der Waals surface area contributed by atoms with Gasteiger partial charge in [-0.25, -0.2) is 0 Å². The van der Waals surface area contributed by atoms with Gasteiger partial charge in [0.15, 0.2) is 5.60 Å². The predicted molar refractivity (Wildman–Crippen MR) is 75.1 cm³/mol. The smallest absolute Gasteiger partial charge is 0.382 e. The number of hydrogen-bond donors (Lipinski definition) is 2. The molecule has 0 aliphatic heterocycles. The number of aliphatic hydroxyl groups is 1. The Morgan fingerprint density at radius 2 is 1.95 bits per heavy atom. The summed E-state index contributed by atoms with van der Waals surface area (Å²) in [4.78, 5) is 12.0. The number of halogens is 3. The van der Waals surface area contributed by atoms with E-state index >= 15 is 0 Å². The lowest BCUT2D eigenvalue weighted by Crippen LogP contribution is -2.42. The zero-order valence-electron chi connectivity index (χ0n) is 12.5. The van der Waals surface area contributed by atoms with Gasteiger partial charge >= 0.3 is 6.18 Å². The maximum Gasteiger partial charge on any atom is 0.416 e. The van der Waals surface area contributed by atoms with Crippen LogP contribution in [0.25, 0.3) is 0 Å². The molecule has 0 fully saturated rings. The fraction of sp³-hybridized carbons (Fsp3) is 0.533. The second-order valence-electron chi connectivity index (χ2n) is 4.96. The molecule has 1 atom stereocenters. The fourth-order valence-corrected chi connectivity index (χ4v) is 1.82. The van der Waals surface area contributed by atoms with Crippen molar-refractivity contribution in [1.82, 2.24) is 5.32 Å². The molecule has 0 unspecified atom stereocenters. The Balaban J connectivity index is 2.74. The number of carbonyl (C=O) groups is 1. The van der Waals surface area contributed by atoms with E-state index in [1.165, 1.54) is 13.0 Å². The normalized spacial score (nSPS) is 14.5. The monoisotopic (exact) mass is 319 g/mol. The molecule has 4 nitrogen and oxygen atoms in total. The van der Waals surface area contributed by atoms with Gasteiger partial charge in [0.25, 0.3) is 5.91 Å². The van der Waals surface area contributed by atoms with Crippen molar-refractivity contribution >= 4 is 5.91 Å². The molecule has 124 valence electrons. The van der Waals surface area contributed by atoms with Crippen molar-refractivity contribution in [2.45, 2.75) is 32.0 Å². The van der Waals surface area contributed by atoms with Gasteiger partial charge < -0.3 is 15.2 Å². The molecule has 22 heavy (non-hydrogen) atoms. The van der Waals surface area contributed by atoms with Crippen LogP contribution < -0.4 is 5.32 Å². The first-order chi connectivity index (χ1) is 10.2. The molecule has 1 rings (SSSR count). The quantitative estimate of drug-likeness (QED) is 0.759. The minimum atomic E-state index is -4.53. The lowest BCUT2D eigenvalue weighted by atomic mass is 9.93. The first-order valence-electron chi connectivity index (χ1n) is 6.95. The molecule has 0 spiro atoms. The second-order valence-corrected chi connectivity index (χ2v) is 4.96. The van der Waals surface area contributed by atoms with Crippen molar-refractivity contribution in [1.29, 1.82) is 0 Å². The Bertz CT molecular complexity index is 501. The Hall–Kier alpha value is -1.60. The van der Waals surface area contributed by atoms with Crippen LogP contribution in [0.2, 0.25) is 0 Å². The van der Waals surface area contributed by atoms with E-state index in [9.17, 15) is 23.1 Å². The number of alkyl halides is 3. The number of carbonyl (C=O) groups excluding carboxylic acids is 1. The summed E-state index contributed by atoms with van der Waals surface area (Å²) in [6.07, 6.45) is -3.97. The summed E-state index contributed by atoms with van der Waals surface area (Å²) in [6.45, 7) is 4.31. The van der Waals surface area contributed by atoms with Gasteiger partial charge in [0.05, 0.1) is 5.56 Å². The van der Waals surface area contributed by atoms with Crippen molar-refractivity contribution in [3.05, 3.63) is 35.4 Å². The van der Waals surface area contributed by atoms with Gasteiger partial charge in [-0.15, -0.1) is 0 Å². The third kappa shape index (κ3) is 4.99. The number of benzene rings is 1. The average molecular weight is 319 g/mol. The van der Waals surface area contributed by atoms with Crippen LogP contribution in [-0.2, 0) is 21.3 Å². The molecule has 2 N–H and O–H groups in total. The van der Waals surface area contributed by atoms with Crippen LogP contribution in [0.4, 0.5) is 13.2 Å². The Labute approximate surface area is 127 Å². The van der Waals surface area contributed by atoms with Crippen LogP contribution in [0.5, 0.6) is 0 Å². The fourth-order valence-electron chi connectivity index (χ4n) is 1.82. The lowest BCUT2D eigenvalue weighted by molar-refractivity contribution is -0.141. The first kappa shape index (κ1) is 18.4. The van der Waals surface area contributed by atoms with Crippen molar-refractivity contribution < 1.29 is 27.8 Å². The summed E-state index contributed by atoms with van der Waals surface area (Å²) in [5.74, 6) is -0.747. The molecule has 1 aromatic carbocycles. The number of hydrogen-bond acceptors (Lipinski definition) is 3. The minimum absolute atomic E-state index is 0.107. The number of ether oxygens (including phenoxy) is 1. The summed E-state index contributed by atoms with van der Waals surface area (Å²) in [5, 5.41) is 12.7. The van der Waals surface area contributed by atoms with Crippen LogP contribution in [0, 0.1) is 0 Å². The standard InChI is InChI=1S/C15H20F3NO3/c1-3-22-9-5-8-19-13(20)14(2,21)11-6-4-7-12(10-11)15(16,17)18/h4,6-7,10,21H,3,5,8-9H2,1-2H3,(H,19,20)/t14-/m1/s1. The maximum absolute atomic E-state index is 12.7. The van der Waals surface area contributed by atoms with E-state index in [1.807, 2.05) is 6.92 Å². The number of amides is 1. The highest BCUT2D eigenvalue weighted by molar-refractivity contribution is 5.85. The Kier molecular flexibility index (Phi) is 6.37. The molecule has 0 saturated heterocycles. The van der Waals surface area contributed by atoms with E-state index in [1.54, 1.807) is 0 Å². The average Bonchev–Trinajstić information content (AvgIpc) is 2.46. The molecule has 0 aromatic heterocycles. The van der Waals surface area contributed by atoms with Crippen molar-refractivity contribution in [3.63, 3.8) is 0 Å². The highest BCUT2D eigenvalue weighted by atomic mass is 19.4. The van der Waals surface area contributed by atoms with Crippen LogP contribution in [0.3, 0.4) is 0 Å². The van der Waals surface area contributed by atoms with Gasteiger partial charge in [0.2, 0.25) is 0 Å². The second kappa shape index (κ2) is 7.60. The zero-order valence-corrected chi connectivity index (χ0v) is 12.5. The molecule has 0 aliphatic rings. The third-order valence-corrected chi connectivity index (χ3v) is 3.15.